The van der Waals surface area contributed by atoms with Crippen molar-refractivity contribution in [2.75, 3.05) is 25.6 Å². The second-order valence-electron chi connectivity index (χ2n) is 7.31. The van der Waals surface area contributed by atoms with Crippen LogP contribution in [0.25, 0.3) is 0 Å². The van der Waals surface area contributed by atoms with Crippen molar-refractivity contribution in [2.24, 2.45) is 0 Å². The molecule has 1 aliphatic heterocycles. The van der Waals surface area contributed by atoms with Crippen LogP contribution in [-0.2, 0) is 19.1 Å². The van der Waals surface area contributed by atoms with Gasteiger partial charge in [0.25, 0.3) is 5.91 Å². The first-order valence-corrected chi connectivity index (χ1v) is 11.4. The number of pyridine rings is 1. The molecule has 1 unspecified atom stereocenters. The third-order valence-electron chi connectivity index (χ3n) is 4.82. The molecule has 1 aromatic heterocycles. The molecule has 1 fully saturated rings. The van der Waals surface area contributed by atoms with Crippen molar-refractivity contribution in [3.05, 3.63) is 48.2 Å². The van der Waals surface area contributed by atoms with Crippen LogP contribution in [0.4, 0.5) is 5.69 Å². The van der Waals surface area contributed by atoms with Gasteiger partial charge in [-0.1, -0.05) is 25.1 Å². The predicted molar refractivity (Wildman–Crippen MR) is 122 cm³/mol. The summed E-state index contributed by atoms with van der Waals surface area (Å²) in [6.07, 6.45) is 3.53. The van der Waals surface area contributed by atoms with Crippen molar-refractivity contribution < 1.29 is 28.7 Å². The molecule has 33 heavy (non-hydrogen) atoms. The van der Waals surface area contributed by atoms with Gasteiger partial charge in [0.1, 0.15) is 10.8 Å². The van der Waals surface area contributed by atoms with Gasteiger partial charge >= 0.3 is 5.97 Å². The van der Waals surface area contributed by atoms with Crippen molar-refractivity contribution in [1.82, 2.24) is 9.88 Å². The number of thioether (sulfide) groups is 1. The number of aromatic nitrogens is 1. The van der Waals surface area contributed by atoms with Crippen LogP contribution >= 0.6 is 11.8 Å². The predicted octanol–water partition coefficient (Wildman–Crippen LogP) is 2.91. The second kappa shape index (κ2) is 11.5. The number of anilines is 1. The molecule has 1 aromatic carbocycles. The molecule has 1 saturated heterocycles. The van der Waals surface area contributed by atoms with Crippen molar-refractivity contribution >= 4 is 41.1 Å². The van der Waals surface area contributed by atoms with Crippen LogP contribution in [0.2, 0.25) is 0 Å². The molecule has 1 atom stereocenters. The zero-order valence-corrected chi connectivity index (χ0v) is 19.2. The van der Waals surface area contributed by atoms with E-state index in [4.69, 9.17) is 9.47 Å². The smallest absolute Gasteiger partial charge is 0.341 e. The van der Waals surface area contributed by atoms with Gasteiger partial charge in [-0.2, -0.15) is 0 Å². The molecule has 2 heterocycles. The number of carbonyl (C=O) groups excluding carboxylic acids is 4. The number of esters is 1. The Balaban J connectivity index is 1.53. The van der Waals surface area contributed by atoms with Crippen LogP contribution in [0.3, 0.4) is 0 Å². The van der Waals surface area contributed by atoms with Gasteiger partial charge in [-0.3, -0.25) is 19.3 Å². The Labute approximate surface area is 195 Å². The van der Waals surface area contributed by atoms with E-state index in [2.05, 4.69) is 17.2 Å². The molecular weight excluding hydrogens is 446 g/mol. The Bertz CT molecular complexity index is 1030. The Morgan fingerprint density at radius 2 is 1.97 bits per heavy atom. The molecule has 3 amide bonds. The summed E-state index contributed by atoms with van der Waals surface area (Å²) in [5.74, 6) is -1.15. The lowest BCUT2D eigenvalue weighted by Crippen LogP contribution is -2.26. The van der Waals surface area contributed by atoms with E-state index in [1.807, 2.05) is 0 Å². The Morgan fingerprint density at radius 3 is 2.64 bits per heavy atom. The number of amides is 3. The van der Waals surface area contributed by atoms with Gasteiger partial charge in [-0.05, 0) is 42.8 Å². The molecule has 174 valence electrons. The number of rotatable bonds is 10. The lowest BCUT2D eigenvalue weighted by molar-refractivity contribution is -0.136. The molecule has 0 saturated carbocycles. The van der Waals surface area contributed by atoms with E-state index in [0.29, 0.717) is 18.0 Å². The molecule has 10 heteroatoms. The van der Waals surface area contributed by atoms with Crippen molar-refractivity contribution in [2.45, 2.75) is 36.5 Å². The first kappa shape index (κ1) is 24.2. The van der Waals surface area contributed by atoms with Gasteiger partial charge in [0, 0.05) is 25.4 Å². The quantitative estimate of drug-likeness (QED) is 0.320. The minimum Gasteiger partial charge on any atom is -0.494 e. The van der Waals surface area contributed by atoms with Crippen molar-refractivity contribution in [3.63, 3.8) is 0 Å². The molecular formula is C23H25N3O6S. The first-order chi connectivity index (χ1) is 15.9. The number of hydrogen-bond donors (Lipinski definition) is 1. The fraction of sp³-hybridized carbons (Fsp3) is 0.348. The minimum atomic E-state index is -0.745. The summed E-state index contributed by atoms with van der Waals surface area (Å²) in [5.41, 5.74) is 0.670. The van der Waals surface area contributed by atoms with Gasteiger partial charge in [0.2, 0.25) is 11.8 Å². The zero-order valence-electron chi connectivity index (χ0n) is 18.4. The maximum Gasteiger partial charge on any atom is 0.341 e. The lowest BCUT2D eigenvalue weighted by Gasteiger charge is -2.11. The Hall–Kier alpha value is -3.40. The monoisotopic (exact) mass is 471 g/mol. The minimum absolute atomic E-state index is 0.0376. The van der Waals surface area contributed by atoms with E-state index in [0.717, 1.165) is 29.5 Å². The highest BCUT2D eigenvalue weighted by Crippen LogP contribution is 2.31. The highest BCUT2D eigenvalue weighted by molar-refractivity contribution is 8.00. The number of nitrogens with one attached hydrogen (secondary N) is 1. The van der Waals surface area contributed by atoms with Crippen LogP contribution in [0.15, 0.2) is 47.6 Å². The van der Waals surface area contributed by atoms with Crippen LogP contribution in [0, 0.1) is 0 Å². The van der Waals surface area contributed by atoms with E-state index in [-0.39, 0.29) is 28.8 Å². The van der Waals surface area contributed by atoms with Gasteiger partial charge in [-0.25, -0.2) is 9.78 Å². The van der Waals surface area contributed by atoms with Crippen LogP contribution in [0.1, 0.15) is 36.5 Å². The molecule has 0 spiro atoms. The van der Waals surface area contributed by atoms with Crippen molar-refractivity contribution in [1.29, 1.82) is 0 Å². The van der Waals surface area contributed by atoms with Crippen LogP contribution in [-0.4, -0.2) is 59.1 Å². The fourth-order valence-corrected chi connectivity index (χ4v) is 4.12. The molecule has 1 N–H and O–H groups in total. The highest BCUT2D eigenvalue weighted by atomic mass is 32.2. The number of carbonyl (C=O) groups is 4. The number of likely N-dealkylation sites (tertiary alicyclic amines) is 1. The molecule has 0 radical (unpaired) electrons. The maximum atomic E-state index is 12.5. The summed E-state index contributed by atoms with van der Waals surface area (Å²) in [6.45, 7) is 2.23. The average molecular weight is 472 g/mol. The molecule has 0 aliphatic carbocycles. The summed E-state index contributed by atoms with van der Waals surface area (Å²) < 4.78 is 10.7. The summed E-state index contributed by atoms with van der Waals surface area (Å²) in [7, 11) is 1.42. The topological polar surface area (TPSA) is 115 Å². The standard InChI is InChI=1S/C23H25N3O6S/c1-3-4-12-31-16-9-7-15(8-10-16)25-19(27)14-32-23(30)17-6-5-11-24-21(17)33-18-13-20(28)26(2)22(18)29/h5-11,18H,3-4,12-14H2,1-2H3,(H,25,27). The maximum absolute atomic E-state index is 12.5. The van der Waals surface area contributed by atoms with E-state index >= 15 is 0 Å². The highest BCUT2D eigenvalue weighted by Gasteiger charge is 2.37. The van der Waals surface area contributed by atoms with Gasteiger partial charge in [0.15, 0.2) is 6.61 Å². The van der Waals surface area contributed by atoms with E-state index < -0.39 is 23.7 Å². The summed E-state index contributed by atoms with van der Waals surface area (Å²) in [5, 5.41) is 2.27. The number of benzene rings is 1. The average Bonchev–Trinajstić information content (AvgIpc) is 3.05. The zero-order chi connectivity index (χ0) is 23.8. The molecule has 3 rings (SSSR count). The largest absolute Gasteiger partial charge is 0.494 e. The van der Waals surface area contributed by atoms with Gasteiger partial charge < -0.3 is 14.8 Å². The number of hydrogen-bond acceptors (Lipinski definition) is 8. The number of imide groups is 1. The van der Waals surface area contributed by atoms with Gasteiger partial charge in [0.05, 0.1) is 17.4 Å². The van der Waals surface area contributed by atoms with Crippen LogP contribution in [0.5, 0.6) is 5.75 Å². The van der Waals surface area contributed by atoms with E-state index in [1.165, 1.54) is 19.3 Å². The Kier molecular flexibility index (Phi) is 8.42. The van der Waals surface area contributed by atoms with Crippen molar-refractivity contribution in [3.8, 4) is 5.75 Å². The molecule has 0 bridgehead atoms. The molecule has 1 aliphatic rings. The number of nitrogens with zero attached hydrogens (tertiary/aromatic N) is 2. The number of unbranched alkanes of at least 4 members (excludes halogenated alkanes) is 1. The summed E-state index contributed by atoms with van der Waals surface area (Å²) >= 11 is 1.03. The fourth-order valence-electron chi connectivity index (χ4n) is 2.96. The van der Waals surface area contributed by atoms with E-state index in [9.17, 15) is 19.2 Å². The third kappa shape index (κ3) is 6.55. The first-order valence-electron chi connectivity index (χ1n) is 10.5. The number of ether oxygens (including phenoxy) is 2. The summed E-state index contributed by atoms with van der Waals surface area (Å²) in [6, 6.07) is 9.96. The van der Waals surface area contributed by atoms with E-state index in [1.54, 1.807) is 30.3 Å². The SMILES string of the molecule is CCCCOc1ccc(NC(=O)COC(=O)c2cccnc2SC2CC(=O)N(C)C2=O)cc1. The van der Waals surface area contributed by atoms with Gasteiger partial charge in [-0.15, -0.1) is 0 Å². The normalized spacial score (nSPS) is 15.5. The molecule has 9 nitrogen and oxygen atoms in total. The van der Waals surface area contributed by atoms with Crippen LogP contribution < -0.4 is 10.1 Å². The lowest BCUT2D eigenvalue weighted by atomic mass is 10.3. The molecule has 2 aromatic rings. The summed E-state index contributed by atoms with van der Waals surface area (Å²) in [4.78, 5) is 53.8. The third-order valence-corrected chi connectivity index (χ3v) is 6.03. The Morgan fingerprint density at radius 1 is 1.21 bits per heavy atom. The second-order valence-corrected chi connectivity index (χ2v) is 8.50.